The Balaban J connectivity index is 1.20. The van der Waals surface area contributed by atoms with Gasteiger partial charge >= 0.3 is 0 Å². The van der Waals surface area contributed by atoms with Gasteiger partial charge in [0, 0.05) is 19.6 Å². The Morgan fingerprint density at radius 3 is 1.84 bits per heavy atom. The highest BCUT2D eigenvalue weighted by Gasteiger charge is 2.47. The van der Waals surface area contributed by atoms with Gasteiger partial charge in [0.15, 0.2) is 0 Å². The van der Waals surface area contributed by atoms with Crippen LogP contribution in [0.1, 0.15) is 41.5 Å². The van der Waals surface area contributed by atoms with Crippen LogP contribution < -0.4 is 0 Å². The van der Waals surface area contributed by atoms with Crippen LogP contribution in [0.2, 0.25) is 0 Å². The summed E-state index contributed by atoms with van der Waals surface area (Å²) in [6.07, 6.45) is 4.68. The van der Waals surface area contributed by atoms with Crippen molar-refractivity contribution in [1.29, 1.82) is 0 Å². The third-order valence-electron chi connectivity index (χ3n) is 6.36. The lowest BCUT2D eigenvalue weighted by molar-refractivity contribution is 0.0135. The Labute approximate surface area is 185 Å². The number of fused-ring (bicyclic) bond motifs is 1. The first-order valence-corrected chi connectivity index (χ1v) is 11.5. The van der Waals surface area contributed by atoms with E-state index in [1.807, 2.05) is 0 Å². The zero-order valence-electron chi connectivity index (χ0n) is 18.0. The third kappa shape index (κ3) is 5.62. The summed E-state index contributed by atoms with van der Waals surface area (Å²) in [5, 5.41) is 0. The summed E-state index contributed by atoms with van der Waals surface area (Å²) >= 11 is 0. The van der Waals surface area contributed by atoms with Gasteiger partial charge in [-0.1, -0.05) is 84.9 Å². The molecule has 0 aromatic heterocycles. The van der Waals surface area contributed by atoms with Gasteiger partial charge in [-0.3, -0.25) is 4.90 Å². The van der Waals surface area contributed by atoms with Crippen LogP contribution in [0.15, 0.2) is 84.9 Å². The van der Waals surface area contributed by atoms with E-state index in [-0.39, 0.29) is 6.10 Å². The van der Waals surface area contributed by atoms with Gasteiger partial charge in [0.2, 0.25) is 0 Å². The molecule has 31 heavy (non-hydrogen) atoms. The number of benzene rings is 3. The van der Waals surface area contributed by atoms with Gasteiger partial charge in [-0.2, -0.15) is 0 Å². The fourth-order valence-electron chi connectivity index (χ4n) is 4.63. The Bertz CT molecular complexity index is 900. The van der Waals surface area contributed by atoms with Crippen LogP contribution in [-0.2, 0) is 35.7 Å². The van der Waals surface area contributed by atoms with Crippen molar-refractivity contribution >= 4 is 0 Å². The Morgan fingerprint density at radius 2 is 1.23 bits per heavy atom. The van der Waals surface area contributed by atoms with Crippen molar-refractivity contribution in [1.82, 2.24) is 4.90 Å². The van der Waals surface area contributed by atoms with E-state index in [1.54, 1.807) is 0 Å². The van der Waals surface area contributed by atoms with Crippen molar-refractivity contribution in [2.75, 3.05) is 0 Å². The highest BCUT2D eigenvalue weighted by atomic mass is 16.6. The van der Waals surface area contributed by atoms with E-state index in [1.165, 1.54) is 35.1 Å². The van der Waals surface area contributed by atoms with Gasteiger partial charge in [0.05, 0.1) is 18.8 Å². The summed E-state index contributed by atoms with van der Waals surface area (Å²) < 4.78 is 11.9. The van der Waals surface area contributed by atoms with Crippen LogP contribution >= 0.6 is 0 Å². The molecule has 0 bridgehead atoms. The van der Waals surface area contributed by atoms with Crippen molar-refractivity contribution in [3.63, 3.8) is 0 Å². The minimum Gasteiger partial charge on any atom is -0.371 e. The molecule has 3 aromatic rings. The minimum absolute atomic E-state index is 0.283. The topological polar surface area (TPSA) is 25.0 Å². The first-order valence-electron chi connectivity index (χ1n) is 11.5. The molecule has 2 aliphatic rings. The van der Waals surface area contributed by atoms with Gasteiger partial charge in [-0.25, -0.2) is 0 Å². The number of hydrogen-bond donors (Lipinski definition) is 0. The van der Waals surface area contributed by atoms with Crippen molar-refractivity contribution in [3.05, 3.63) is 107 Å². The number of hydrogen-bond acceptors (Lipinski definition) is 3. The van der Waals surface area contributed by atoms with E-state index in [4.69, 9.17) is 9.47 Å². The van der Waals surface area contributed by atoms with Crippen LogP contribution in [0.4, 0.5) is 0 Å². The van der Waals surface area contributed by atoms with Crippen molar-refractivity contribution in [2.24, 2.45) is 0 Å². The molecule has 0 N–H and O–H groups in total. The average Bonchev–Trinajstić information content (AvgIpc) is 3.61. The molecule has 160 valence electrons. The highest BCUT2D eigenvalue weighted by molar-refractivity contribution is 5.23. The molecule has 1 saturated heterocycles. The summed E-state index contributed by atoms with van der Waals surface area (Å²) in [5.74, 6) is 0. The van der Waals surface area contributed by atoms with Crippen LogP contribution in [0.25, 0.3) is 0 Å². The second-order valence-electron chi connectivity index (χ2n) is 8.85. The predicted octanol–water partition coefficient (Wildman–Crippen LogP) is 5.73. The van der Waals surface area contributed by atoms with Crippen LogP contribution in [-0.4, -0.2) is 23.2 Å². The fourth-order valence-corrected chi connectivity index (χ4v) is 4.63. The lowest BCUT2D eigenvalue weighted by Crippen LogP contribution is -2.25. The molecule has 5 rings (SSSR count). The second-order valence-corrected chi connectivity index (χ2v) is 8.85. The molecule has 0 amide bonds. The first-order chi connectivity index (χ1) is 15.3. The number of epoxide rings is 1. The lowest BCUT2D eigenvalue weighted by Gasteiger charge is -2.23. The van der Waals surface area contributed by atoms with Gasteiger partial charge < -0.3 is 9.47 Å². The van der Waals surface area contributed by atoms with Crippen LogP contribution in [0.3, 0.4) is 0 Å². The van der Waals surface area contributed by atoms with Gasteiger partial charge in [-0.05, 0) is 41.5 Å². The molecule has 0 spiro atoms. The van der Waals surface area contributed by atoms with Gasteiger partial charge in [0.1, 0.15) is 6.10 Å². The molecule has 3 heteroatoms. The molecule has 0 radical (unpaired) electrons. The van der Waals surface area contributed by atoms with Crippen LogP contribution in [0, 0.1) is 0 Å². The molecule has 3 unspecified atom stereocenters. The van der Waals surface area contributed by atoms with E-state index in [0.29, 0.717) is 18.8 Å². The monoisotopic (exact) mass is 413 g/mol. The summed E-state index contributed by atoms with van der Waals surface area (Å²) in [6.45, 7) is 3.47. The minimum atomic E-state index is 0.283. The normalized spacial score (nSPS) is 22.3. The highest BCUT2D eigenvalue weighted by Crippen LogP contribution is 2.38. The second kappa shape index (κ2) is 9.78. The zero-order chi connectivity index (χ0) is 20.9. The van der Waals surface area contributed by atoms with Crippen LogP contribution in [0.5, 0.6) is 0 Å². The summed E-state index contributed by atoms with van der Waals surface area (Å²) in [4.78, 5) is 2.50. The largest absolute Gasteiger partial charge is 0.371 e. The maximum atomic E-state index is 6.17. The van der Waals surface area contributed by atoms with Gasteiger partial charge in [-0.15, -0.1) is 0 Å². The lowest BCUT2D eigenvalue weighted by atomic mass is 9.98. The molecule has 1 aliphatic carbocycles. The number of nitrogens with zero attached hydrogens (tertiary/aromatic N) is 1. The van der Waals surface area contributed by atoms with Crippen molar-refractivity contribution in [2.45, 2.75) is 63.8 Å². The van der Waals surface area contributed by atoms with Gasteiger partial charge in [0.25, 0.3) is 0 Å². The summed E-state index contributed by atoms with van der Waals surface area (Å²) in [6, 6.07) is 30.4. The average molecular weight is 414 g/mol. The Morgan fingerprint density at radius 1 is 0.677 bits per heavy atom. The molecule has 1 aliphatic heterocycles. The Hall–Kier alpha value is -2.46. The molecule has 2 fully saturated rings. The maximum absolute atomic E-state index is 6.17. The standard InChI is InChI=1S/C28H31NO2/c1-3-8-22(9-4-1)18-29(19-23-10-5-2-6-11-23)20-24-14-16-25(17-15-24)21-30-26-12-7-13-27-28(26)31-27/h1-6,8-11,14-17,26-28H,7,12-13,18-21H2. The van der Waals surface area contributed by atoms with Crippen molar-refractivity contribution in [3.8, 4) is 0 Å². The fraction of sp³-hybridized carbons (Fsp3) is 0.357. The number of rotatable bonds is 9. The molecule has 3 atom stereocenters. The van der Waals surface area contributed by atoms with E-state index in [2.05, 4.69) is 89.8 Å². The smallest absolute Gasteiger partial charge is 0.110 e. The van der Waals surface area contributed by atoms with E-state index < -0.39 is 0 Å². The molecular formula is C28H31NO2. The van der Waals surface area contributed by atoms with E-state index in [9.17, 15) is 0 Å². The molecule has 1 saturated carbocycles. The SMILES string of the molecule is c1ccc(CN(Cc2ccccc2)Cc2ccc(COC3CCCC4OC34)cc2)cc1. The zero-order valence-corrected chi connectivity index (χ0v) is 18.0. The molecular weight excluding hydrogens is 382 g/mol. The van der Waals surface area contributed by atoms with Crippen molar-refractivity contribution < 1.29 is 9.47 Å². The molecule has 3 nitrogen and oxygen atoms in total. The Kier molecular flexibility index (Phi) is 6.45. The number of ether oxygens (including phenoxy) is 2. The van der Waals surface area contributed by atoms with E-state index >= 15 is 0 Å². The molecule has 3 aromatic carbocycles. The van der Waals surface area contributed by atoms with E-state index in [0.717, 1.165) is 26.1 Å². The summed E-state index contributed by atoms with van der Waals surface area (Å²) in [7, 11) is 0. The molecule has 1 heterocycles. The quantitative estimate of drug-likeness (QED) is 0.419. The summed E-state index contributed by atoms with van der Waals surface area (Å²) in [5.41, 5.74) is 5.26. The maximum Gasteiger partial charge on any atom is 0.110 e. The first kappa shape index (κ1) is 20.4. The predicted molar refractivity (Wildman–Crippen MR) is 123 cm³/mol. The third-order valence-corrected chi connectivity index (χ3v) is 6.36.